The van der Waals surface area contributed by atoms with Gasteiger partial charge in [0.25, 0.3) is 5.91 Å². The highest BCUT2D eigenvalue weighted by atomic mass is 16.5. The Kier molecular flexibility index (Phi) is 5.18. The van der Waals surface area contributed by atoms with Crippen LogP contribution < -0.4 is 15.8 Å². The van der Waals surface area contributed by atoms with E-state index in [-0.39, 0.29) is 18.9 Å². The molecule has 0 aliphatic rings. The van der Waals surface area contributed by atoms with Crippen molar-refractivity contribution in [3.8, 4) is 11.4 Å². The normalized spacial score (nSPS) is 10.3. The third-order valence-electron chi connectivity index (χ3n) is 3.43. The van der Waals surface area contributed by atoms with Gasteiger partial charge in [-0.05, 0) is 52.4 Å². The average molecular weight is 352 g/mol. The molecule has 0 saturated heterocycles. The first-order valence-electron chi connectivity index (χ1n) is 7.73. The molecule has 0 unspecified atom stereocenters. The molecule has 0 aliphatic heterocycles. The van der Waals surface area contributed by atoms with Crippen LogP contribution in [0.15, 0.2) is 54.9 Å². The van der Waals surface area contributed by atoms with E-state index in [4.69, 9.17) is 10.5 Å². The van der Waals surface area contributed by atoms with Crippen LogP contribution in [-0.2, 0) is 16.0 Å². The number of nitrogens with two attached hydrogens (primary N) is 1. The van der Waals surface area contributed by atoms with Crippen LogP contribution in [0.3, 0.4) is 0 Å². The minimum absolute atomic E-state index is 0.147. The van der Waals surface area contributed by atoms with Gasteiger partial charge in [-0.15, -0.1) is 5.10 Å². The molecule has 26 heavy (non-hydrogen) atoms. The summed E-state index contributed by atoms with van der Waals surface area (Å²) >= 11 is 0. The van der Waals surface area contributed by atoms with Gasteiger partial charge in [-0.25, -0.2) is 4.68 Å². The number of amides is 2. The molecule has 0 fully saturated rings. The number of tetrazole rings is 1. The van der Waals surface area contributed by atoms with E-state index < -0.39 is 5.91 Å². The van der Waals surface area contributed by atoms with Crippen LogP contribution in [0.5, 0.6) is 5.75 Å². The number of anilines is 1. The van der Waals surface area contributed by atoms with Gasteiger partial charge in [0, 0.05) is 5.69 Å². The summed E-state index contributed by atoms with van der Waals surface area (Å²) in [5.41, 5.74) is 7.32. The number of rotatable bonds is 7. The van der Waals surface area contributed by atoms with Gasteiger partial charge in [0.2, 0.25) is 5.91 Å². The number of carbonyl (C=O) groups excluding carboxylic acids is 2. The topological polar surface area (TPSA) is 125 Å². The molecule has 3 aromatic rings. The number of primary amides is 1. The van der Waals surface area contributed by atoms with Gasteiger partial charge >= 0.3 is 0 Å². The average Bonchev–Trinajstić information content (AvgIpc) is 3.16. The Morgan fingerprint density at radius 3 is 2.42 bits per heavy atom. The van der Waals surface area contributed by atoms with Crippen LogP contribution in [-0.4, -0.2) is 38.6 Å². The number of hydrogen-bond donors (Lipinski definition) is 2. The number of nitrogens with zero attached hydrogens (tertiary/aromatic N) is 4. The highest BCUT2D eigenvalue weighted by Crippen LogP contribution is 2.16. The van der Waals surface area contributed by atoms with Gasteiger partial charge in [-0.1, -0.05) is 12.1 Å². The third kappa shape index (κ3) is 4.63. The van der Waals surface area contributed by atoms with Crippen molar-refractivity contribution in [2.24, 2.45) is 5.73 Å². The van der Waals surface area contributed by atoms with E-state index in [0.29, 0.717) is 11.4 Å². The first kappa shape index (κ1) is 17.1. The van der Waals surface area contributed by atoms with Crippen molar-refractivity contribution < 1.29 is 14.3 Å². The molecule has 132 valence electrons. The summed E-state index contributed by atoms with van der Waals surface area (Å²) in [6, 6.07) is 14.0. The summed E-state index contributed by atoms with van der Waals surface area (Å²) in [4.78, 5) is 22.8. The molecule has 0 radical (unpaired) electrons. The highest BCUT2D eigenvalue weighted by molar-refractivity contribution is 5.92. The quantitative estimate of drug-likeness (QED) is 0.645. The Morgan fingerprint density at radius 2 is 1.81 bits per heavy atom. The molecule has 2 amide bonds. The molecule has 0 aliphatic carbocycles. The number of ether oxygens (including phenoxy) is 1. The van der Waals surface area contributed by atoms with Crippen molar-refractivity contribution >= 4 is 17.5 Å². The number of nitrogens with one attached hydrogen (secondary N) is 1. The van der Waals surface area contributed by atoms with E-state index in [1.165, 1.54) is 11.0 Å². The van der Waals surface area contributed by atoms with Crippen molar-refractivity contribution in [2.45, 2.75) is 6.42 Å². The van der Waals surface area contributed by atoms with Crippen molar-refractivity contribution in [3.63, 3.8) is 0 Å². The fraction of sp³-hybridized carbons (Fsp3) is 0.118. The summed E-state index contributed by atoms with van der Waals surface area (Å²) in [5, 5.41) is 13.8. The number of benzene rings is 2. The lowest BCUT2D eigenvalue weighted by atomic mass is 10.1. The van der Waals surface area contributed by atoms with E-state index >= 15 is 0 Å². The molecule has 3 N–H and O–H groups in total. The fourth-order valence-corrected chi connectivity index (χ4v) is 2.23. The summed E-state index contributed by atoms with van der Waals surface area (Å²) in [5.74, 6) is -0.195. The zero-order valence-electron chi connectivity index (χ0n) is 13.7. The monoisotopic (exact) mass is 352 g/mol. The lowest BCUT2D eigenvalue weighted by molar-refractivity contribution is -0.120. The molecule has 2 aromatic carbocycles. The maximum absolute atomic E-state index is 12.2. The standard InChI is InChI=1S/C17H16N6O3/c18-16(24)10-26-15-7-3-13(4-8-15)20-17(25)9-12-1-5-14(6-2-12)23-11-19-21-22-23/h1-8,11H,9-10H2,(H2,18,24)(H,20,25). The zero-order chi connectivity index (χ0) is 18.4. The molecule has 1 aromatic heterocycles. The van der Waals surface area contributed by atoms with E-state index in [9.17, 15) is 9.59 Å². The predicted octanol–water partition coefficient (Wildman–Crippen LogP) is 0.708. The second-order valence-corrected chi connectivity index (χ2v) is 5.43. The lowest BCUT2D eigenvalue weighted by Gasteiger charge is -2.08. The maximum Gasteiger partial charge on any atom is 0.255 e. The molecule has 0 saturated carbocycles. The fourth-order valence-electron chi connectivity index (χ4n) is 2.23. The molecule has 9 heteroatoms. The Morgan fingerprint density at radius 1 is 1.08 bits per heavy atom. The van der Waals surface area contributed by atoms with Crippen molar-refractivity contribution in [2.75, 3.05) is 11.9 Å². The molecular weight excluding hydrogens is 336 g/mol. The van der Waals surface area contributed by atoms with Gasteiger partial charge < -0.3 is 15.8 Å². The summed E-state index contributed by atoms with van der Waals surface area (Å²) in [6.07, 6.45) is 1.73. The van der Waals surface area contributed by atoms with E-state index in [2.05, 4.69) is 20.8 Å². The molecular formula is C17H16N6O3. The minimum atomic E-state index is -0.548. The van der Waals surface area contributed by atoms with Crippen molar-refractivity contribution in [1.82, 2.24) is 20.2 Å². The summed E-state index contributed by atoms with van der Waals surface area (Å²) in [6.45, 7) is -0.188. The summed E-state index contributed by atoms with van der Waals surface area (Å²) < 4.78 is 6.70. The summed E-state index contributed by atoms with van der Waals surface area (Å²) in [7, 11) is 0. The predicted molar refractivity (Wildman–Crippen MR) is 92.6 cm³/mol. The Labute approximate surface area is 148 Å². The van der Waals surface area contributed by atoms with Gasteiger partial charge in [0.1, 0.15) is 12.1 Å². The SMILES string of the molecule is NC(=O)COc1ccc(NC(=O)Cc2ccc(-n3cnnn3)cc2)cc1. The van der Waals surface area contributed by atoms with E-state index in [1.807, 2.05) is 24.3 Å². The first-order chi connectivity index (χ1) is 12.6. The van der Waals surface area contributed by atoms with Gasteiger partial charge in [-0.2, -0.15) is 0 Å². The number of hydrogen-bond acceptors (Lipinski definition) is 6. The van der Waals surface area contributed by atoms with Gasteiger partial charge in [-0.3, -0.25) is 9.59 Å². The third-order valence-corrected chi connectivity index (χ3v) is 3.43. The van der Waals surface area contributed by atoms with Crippen LogP contribution in [0, 0.1) is 0 Å². The second-order valence-electron chi connectivity index (χ2n) is 5.43. The van der Waals surface area contributed by atoms with Crippen LogP contribution in [0.1, 0.15) is 5.56 Å². The Balaban J connectivity index is 1.54. The van der Waals surface area contributed by atoms with E-state index in [0.717, 1.165) is 11.3 Å². The number of aromatic nitrogens is 4. The minimum Gasteiger partial charge on any atom is -0.484 e. The Hall–Kier alpha value is -3.75. The van der Waals surface area contributed by atoms with Crippen molar-refractivity contribution in [3.05, 3.63) is 60.4 Å². The Bertz CT molecular complexity index is 876. The van der Waals surface area contributed by atoms with Gasteiger partial charge in [0.05, 0.1) is 12.1 Å². The molecule has 0 atom stereocenters. The zero-order valence-corrected chi connectivity index (χ0v) is 13.7. The molecule has 1 heterocycles. The highest BCUT2D eigenvalue weighted by Gasteiger charge is 2.06. The number of carbonyl (C=O) groups is 2. The first-order valence-corrected chi connectivity index (χ1v) is 7.73. The van der Waals surface area contributed by atoms with Crippen LogP contribution in [0.25, 0.3) is 5.69 Å². The van der Waals surface area contributed by atoms with Crippen LogP contribution in [0.4, 0.5) is 5.69 Å². The molecule has 9 nitrogen and oxygen atoms in total. The largest absolute Gasteiger partial charge is 0.484 e. The van der Waals surface area contributed by atoms with Crippen LogP contribution in [0.2, 0.25) is 0 Å². The van der Waals surface area contributed by atoms with Crippen LogP contribution >= 0.6 is 0 Å². The molecule has 0 spiro atoms. The second kappa shape index (κ2) is 7.88. The molecule has 3 rings (SSSR count). The molecule has 0 bridgehead atoms. The van der Waals surface area contributed by atoms with Crippen molar-refractivity contribution in [1.29, 1.82) is 0 Å². The maximum atomic E-state index is 12.2. The smallest absolute Gasteiger partial charge is 0.255 e. The lowest BCUT2D eigenvalue weighted by Crippen LogP contribution is -2.20. The van der Waals surface area contributed by atoms with E-state index in [1.54, 1.807) is 24.3 Å². The van der Waals surface area contributed by atoms with Gasteiger partial charge in [0.15, 0.2) is 6.61 Å².